The summed E-state index contributed by atoms with van der Waals surface area (Å²) in [7, 11) is 2.25. The van der Waals surface area contributed by atoms with Crippen LogP contribution in [0.15, 0.2) is 22.7 Å². The zero-order chi connectivity index (χ0) is 14.8. The minimum Gasteiger partial charge on any atom is -0.314 e. The SMILES string of the molecule is CN1CCCCC(CNC2CC2)C1c1ccc(Br)cc1Cl. The fourth-order valence-electron chi connectivity index (χ4n) is 3.48. The molecule has 1 saturated carbocycles. The monoisotopic (exact) mass is 370 g/mol. The van der Waals surface area contributed by atoms with Crippen molar-refractivity contribution in [1.29, 1.82) is 0 Å². The summed E-state index contributed by atoms with van der Waals surface area (Å²) in [6.07, 6.45) is 6.62. The van der Waals surface area contributed by atoms with E-state index in [2.05, 4.69) is 45.3 Å². The Hall–Kier alpha value is -0.0900. The smallest absolute Gasteiger partial charge is 0.0465 e. The van der Waals surface area contributed by atoms with Crippen molar-refractivity contribution in [3.8, 4) is 0 Å². The van der Waals surface area contributed by atoms with Gasteiger partial charge in [-0.05, 0) is 62.9 Å². The second-order valence-corrected chi connectivity index (χ2v) is 7.85. The quantitative estimate of drug-likeness (QED) is 0.830. The maximum absolute atomic E-state index is 6.54. The number of nitrogens with one attached hydrogen (secondary N) is 1. The summed E-state index contributed by atoms with van der Waals surface area (Å²) in [5.41, 5.74) is 1.28. The summed E-state index contributed by atoms with van der Waals surface area (Å²) < 4.78 is 1.06. The van der Waals surface area contributed by atoms with Crippen molar-refractivity contribution < 1.29 is 0 Å². The summed E-state index contributed by atoms with van der Waals surface area (Å²) in [5.74, 6) is 0.650. The van der Waals surface area contributed by atoms with Crippen molar-refractivity contribution in [1.82, 2.24) is 10.2 Å². The lowest BCUT2D eigenvalue weighted by Gasteiger charge is -2.33. The van der Waals surface area contributed by atoms with Crippen LogP contribution in [-0.2, 0) is 0 Å². The molecule has 1 saturated heterocycles. The van der Waals surface area contributed by atoms with Crippen molar-refractivity contribution in [2.24, 2.45) is 5.92 Å². The van der Waals surface area contributed by atoms with E-state index >= 15 is 0 Å². The number of benzene rings is 1. The Morgan fingerprint density at radius 1 is 1.29 bits per heavy atom. The van der Waals surface area contributed by atoms with Crippen LogP contribution in [0.2, 0.25) is 5.02 Å². The maximum Gasteiger partial charge on any atom is 0.0465 e. The molecular weight excluding hydrogens is 348 g/mol. The molecule has 3 rings (SSSR count). The lowest BCUT2D eigenvalue weighted by molar-refractivity contribution is 0.189. The van der Waals surface area contributed by atoms with E-state index in [9.17, 15) is 0 Å². The maximum atomic E-state index is 6.54. The molecule has 1 N–H and O–H groups in total. The molecule has 2 aliphatic rings. The van der Waals surface area contributed by atoms with Gasteiger partial charge in [0.15, 0.2) is 0 Å². The minimum absolute atomic E-state index is 0.430. The first-order chi connectivity index (χ1) is 10.1. The summed E-state index contributed by atoms with van der Waals surface area (Å²) in [4.78, 5) is 2.50. The Morgan fingerprint density at radius 2 is 2.10 bits per heavy atom. The molecule has 0 aromatic heterocycles. The molecule has 21 heavy (non-hydrogen) atoms. The molecule has 1 heterocycles. The van der Waals surface area contributed by atoms with Gasteiger partial charge in [0.05, 0.1) is 0 Å². The summed E-state index contributed by atoms with van der Waals surface area (Å²) >= 11 is 10.1. The molecule has 1 aliphatic carbocycles. The third kappa shape index (κ3) is 4.01. The molecule has 2 nitrogen and oxygen atoms in total. The topological polar surface area (TPSA) is 15.3 Å². The lowest BCUT2D eigenvalue weighted by atomic mass is 9.89. The number of rotatable bonds is 4. The molecule has 0 spiro atoms. The van der Waals surface area contributed by atoms with Crippen LogP contribution in [0.4, 0.5) is 0 Å². The zero-order valence-electron chi connectivity index (χ0n) is 12.6. The Bertz CT molecular complexity index is 490. The predicted molar refractivity (Wildman–Crippen MR) is 92.9 cm³/mol. The number of halogens is 2. The lowest BCUT2D eigenvalue weighted by Crippen LogP contribution is -2.35. The second-order valence-electron chi connectivity index (χ2n) is 6.53. The normalized spacial score (nSPS) is 27.6. The standard InChI is InChI=1S/C17H24BrClN2/c1-21-9-3-2-4-12(11-20-14-6-7-14)17(21)15-8-5-13(18)10-16(15)19/h5,8,10,12,14,17,20H,2-4,6-7,9,11H2,1H3. The van der Waals surface area contributed by atoms with Gasteiger partial charge in [-0.25, -0.2) is 0 Å². The van der Waals surface area contributed by atoms with Crippen molar-refractivity contribution >= 4 is 27.5 Å². The second kappa shape index (κ2) is 6.99. The first-order valence-corrected chi connectivity index (χ1v) is 9.21. The van der Waals surface area contributed by atoms with Gasteiger partial charge >= 0.3 is 0 Å². The highest BCUT2D eigenvalue weighted by atomic mass is 79.9. The third-order valence-corrected chi connectivity index (χ3v) is 5.60. The molecule has 0 radical (unpaired) electrons. The van der Waals surface area contributed by atoms with Crippen LogP contribution in [0.5, 0.6) is 0 Å². The van der Waals surface area contributed by atoms with E-state index in [4.69, 9.17) is 11.6 Å². The Morgan fingerprint density at radius 3 is 2.81 bits per heavy atom. The molecule has 2 fully saturated rings. The van der Waals surface area contributed by atoms with Gasteiger partial charge < -0.3 is 5.32 Å². The van der Waals surface area contributed by atoms with Gasteiger partial charge in [0, 0.05) is 28.1 Å². The zero-order valence-corrected chi connectivity index (χ0v) is 15.0. The van der Waals surface area contributed by atoms with Crippen LogP contribution in [0.1, 0.15) is 43.7 Å². The molecule has 2 atom stereocenters. The molecule has 0 amide bonds. The van der Waals surface area contributed by atoms with Gasteiger partial charge in [0.1, 0.15) is 0 Å². The highest BCUT2D eigenvalue weighted by Gasteiger charge is 2.32. The van der Waals surface area contributed by atoms with Gasteiger partial charge in [-0.3, -0.25) is 4.90 Å². The molecule has 116 valence electrons. The van der Waals surface area contributed by atoms with Crippen LogP contribution in [0, 0.1) is 5.92 Å². The minimum atomic E-state index is 0.430. The van der Waals surface area contributed by atoms with E-state index in [0.717, 1.165) is 28.6 Å². The van der Waals surface area contributed by atoms with E-state index < -0.39 is 0 Å². The van der Waals surface area contributed by atoms with E-state index in [1.807, 2.05) is 6.07 Å². The summed E-state index contributed by atoms with van der Waals surface area (Å²) in [6, 6.07) is 7.55. The van der Waals surface area contributed by atoms with Crippen LogP contribution >= 0.6 is 27.5 Å². The first-order valence-electron chi connectivity index (χ1n) is 8.03. The van der Waals surface area contributed by atoms with Crippen LogP contribution < -0.4 is 5.32 Å². The molecule has 4 heteroatoms. The van der Waals surface area contributed by atoms with Gasteiger partial charge in [-0.2, -0.15) is 0 Å². The number of hydrogen-bond acceptors (Lipinski definition) is 2. The predicted octanol–water partition coefficient (Wildman–Crippen LogP) is 4.63. The average molecular weight is 372 g/mol. The first kappa shape index (κ1) is 15.8. The van der Waals surface area contributed by atoms with Gasteiger partial charge in [-0.1, -0.05) is 40.0 Å². The van der Waals surface area contributed by atoms with Gasteiger partial charge in [-0.15, -0.1) is 0 Å². The van der Waals surface area contributed by atoms with Crippen molar-refractivity contribution in [2.75, 3.05) is 20.1 Å². The summed E-state index contributed by atoms with van der Waals surface area (Å²) in [5, 5.41) is 4.61. The fourth-order valence-corrected chi connectivity index (χ4v) is 4.26. The van der Waals surface area contributed by atoms with Crippen molar-refractivity contribution in [3.05, 3.63) is 33.3 Å². The van der Waals surface area contributed by atoms with Crippen LogP contribution in [-0.4, -0.2) is 31.1 Å². The largest absolute Gasteiger partial charge is 0.314 e. The van der Waals surface area contributed by atoms with E-state index in [0.29, 0.717) is 12.0 Å². The molecular formula is C17H24BrClN2. The fraction of sp³-hybridized carbons (Fsp3) is 0.647. The number of nitrogens with zero attached hydrogens (tertiary/aromatic N) is 1. The highest BCUT2D eigenvalue weighted by molar-refractivity contribution is 9.10. The Labute approximate surface area is 141 Å². The Kier molecular flexibility index (Phi) is 5.26. The number of hydrogen-bond donors (Lipinski definition) is 1. The molecule has 2 unspecified atom stereocenters. The molecule has 1 aromatic carbocycles. The van der Waals surface area contributed by atoms with Crippen LogP contribution in [0.25, 0.3) is 0 Å². The molecule has 1 aromatic rings. The van der Waals surface area contributed by atoms with Gasteiger partial charge in [0.2, 0.25) is 0 Å². The van der Waals surface area contributed by atoms with Crippen molar-refractivity contribution in [2.45, 2.75) is 44.2 Å². The highest BCUT2D eigenvalue weighted by Crippen LogP contribution is 2.38. The Balaban J connectivity index is 1.83. The van der Waals surface area contributed by atoms with E-state index in [-0.39, 0.29) is 0 Å². The third-order valence-electron chi connectivity index (χ3n) is 4.78. The van der Waals surface area contributed by atoms with Crippen LogP contribution in [0.3, 0.4) is 0 Å². The van der Waals surface area contributed by atoms with E-state index in [1.165, 1.54) is 37.7 Å². The average Bonchev–Trinajstić information content (AvgIpc) is 3.26. The number of likely N-dealkylation sites (tertiary alicyclic amines) is 1. The van der Waals surface area contributed by atoms with Crippen molar-refractivity contribution in [3.63, 3.8) is 0 Å². The molecule has 0 bridgehead atoms. The van der Waals surface area contributed by atoms with E-state index in [1.54, 1.807) is 0 Å². The molecule has 1 aliphatic heterocycles. The van der Waals surface area contributed by atoms with Gasteiger partial charge in [0.25, 0.3) is 0 Å². The summed E-state index contributed by atoms with van der Waals surface area (Å²) in [6.45, 7) is 2.28.